The number of rotatable bonds is 11. The van der Waals surface area contributed by atoms with E-state index >= 15 is 0 Å². The molecule has 1 aromatic rings. The number of carbonyl (C=O) groups excluding carboxylic acids is 3. The van der Waals surface area contributed by atoms with E-state index in [0.29, 0.717) is 59.3 Å². The van der Waals surface area contributed by atoms with Crippen molar-refractivity contribution in [3.63, 3.8) is 0 Å². The minimum atomic E-state index is -1.11. The van der Waals surface area contributed by atoms with E-state index in [0.717, 1.165) is 32.1 Å². The Kier molecular flexibility index (Phi) is 9.10. The van der Waals surface area contributed by atoms with Crippen molar-refractivity contribution in [1.29, 1.82) is 0 Å². The second-order valence-electron chi connectivity index (χ2n) is 11.0. The van der Waals surface area contributed by atoms with Crippen LogP contribution in [0.5, 0.6) is 11.5 Å². The molecule has 38 heavy (non-hydrogen) atoms. The molecule has 1 heterocycles. The third-order valence-electron chi connectivity index (χ3n) is 7.98. The van der Waals surface area contributed by atoms with Gasteiger partial charge in [0.25, 0.3) is 0 Å². The maximum Gasteiger partial charge on any atom is 0.247 e. The zero-order valence-electron chi connectivity index (χ0n) is 22.5. The monoisotopic (exact) mass is 528 g/mol. The quantitative estimate of drug-likeness (QED) is 0.377. The zero-order chi connectivity index (χ0) is 27.4. The number of methoxy groups -OCH3 is 1. The SMILES string of the molecule is COc1cc(C=O)cc2c1OC1C2C(C(=O)NCCO)=CC(N(CCC(C)C)C(=O)CC2CCCC2)C1O. The number of benzene rings is 1. The lowest BCUT2D eigenvalue weighted by Gasteiger charge is -2.41. The second kappa shape index (κ2) is 12.3. The van der Waals surface area contributed by atoms with Crippen LogP contribution in [0.1, 0.15) is 74.2 Å². The minimum absolute atomic E-state index is 0.0252. The maximum atomic E-state index is 13.7. The van der Waals surface area contributed by atoms with E-state index in [2.05, 4.69) is 19.2 Å². The Labute approximate surface area is 224 Å². The summed E-state index contributed by atoms with van der Waals surface area (Å²) in [4.78, 5) is 40.4. The van der Waals surface area contributed by atoms with Gasteiger partial charge in [-0.2, -0.15) is 0 Å². The number of amides is 2. The van der Waals surface area contributed by atoms with E-state index in [1.165, 1.54) is 7.11 Å². The molecule has 1 aromatic carbocycles. The van der Waals surface area contributed by atoms with Gasteiger partial charge in [-0.1, -0.05) is 26.7 Å². The predicted molar refractivity (Wildman–Crippen MR) is 141 cm³/mol. The Bertz CT molecular complexity index is 1060. The first-order valence-corrected chi connectivity index (χ1v) is 13.7. The molecule has 4 rings (SSSR count). The van der Waals surface area contributed by atoms with Gasteiger partial charge in [-0.3, -0.25) is 14.4 Å². The van der Waals surface area contributed by atoms with E-state index in [1.807, 2.05) is 0 Å². The molecule has 0 spiro atoms. The van der Waals surface area contributed by atoms with Crippen molar-refractivity contribution >= 4 is 18.1 Å². The van der Waals surface area contributed by atoms with E-state index in [4.69, 9.17) is 9.47 Å². The molecular weight excluding hydrogens is 488 g/mol. The molecule has 1 saturated carbocycles. The van der Waals surface area contributed by atoms with E-state index in [-0.39, 0.29) is 19.1 Å². The number of hydrogen-bond acceptors (Lipinski definition) is 7. The second-order valence-corrected chi connectivity index (χ2v) is 11.0. The van der Waals surface area contributed by atoms with Crippen LogP contribution < -0.4 is 14.8 Å². The molecule has 0 aromatic heterocycles. The molecule has 9 nitrogen and oxygen atoms in total. The molecule has 4 unspecified atom stereocenters. The van der Waals surface area contributed by atoms with Crippen molar-refractivity contribution < 1.29 is 34.1 Å². The van der Waals surface area contributed by atoms with Crippen molar-refractivity contribution in [2.75, 3.05) is 26.8 Å². The van der Waals surface area contributed by atoms with Gasteiger partial charge in [-0.05, 0) is 49.3 Å². The number of aliphatic hydroxyl groups is 2. The van der Waals surface area contributed by atoms with Gasteiger partial charge in [0.1, 0.15) is 18.5 Å². The summed E-state index contributed by atoms with van der Waals surface area (Å²) in [5.74, 6) is 0.297. The van der Waals surface area contributed by atoms with Crippen LogP contribution in [0.3, 0.4) is 0 Å². The number of carbonyl (C=O) groups is 3. The molecule has 2 aliphatic carbocycles. The van der Waals surface area contributed by atoms with E-state index < -0.39 is 30.1 Å². The highest BCUT2D eigenvalue weighted by atomic mass is 16.5. The van der Waals surface area contributed by atoms with Crippen molar-refractivity contribution in [2.45, 2.75) is 76.5 Å². The molecule has 208 valence electrons. The lowest BCUT2D eigenvalue weighted by molar-refractivity contribution is -0.138. The number of aliphatic hydroxyl groups excluding tert-OH is 2. The van der Waals surface area contributed by atoms with Crippen LogP contribution in [0.2, 0.25) is 0 Å². The predicted octanol–water partition coefficient (Wildman–Crippen LogP) is 2.59. The van der Waals surface area contributed by atoms with Gasteiger partial charge in [-0.15, -0.1) is 0 Å². The summed E-state index contributed by atoms with van der Waals surface area (Å²) in [5, 5.41) is 23.7. The van der Waals surface area contributed by atoms with Gasteiger partial charge in [0.2, 0.25) is 11.8 Å². The Balaban J connectivity index is 1.75. The third kappa shape index (κ3) is 5.73. The number of aldehydes is 1. The lowest BCUT2D eigenvalue weighted by atomic mass is 9.77. The largest absolute Gasteiger partial charge is 0.493 e. The normalized spacial score (nSPS) is 24.3. The van der Waals surface area contributed by atoms with Crippen LogP contribution in [-0.4, -0.2) is 78.3 Å². The topological polar surface area (TPSA) is 125 Å². The molecule has 0 bridgehead atoms. The highest BCUT2D eigenvalue weighted by Crippen LogP contribution is 2.51. The molecule has 3 N–H and O–H groups in total. The summed E-state index contributed by atoms with van der Waals surface area (Å²) in [7, 11) is 1.47. The Morgan fingerprint density at radius 1 is 1.26 bits per heavy atom. The summed E-state index contributed by atoms with van der Waals surface area (Å²) >= 11 is 0. The first kappa shape index (κ1) is 28.1. The van der Waals surface area contributed by atoms with Gasteiger partial charge in [0, 0.05) is 36.2 Å². The average molecular weight is 529 g/mol. The zero-order valence-corrected chi connectivity index (χ0v) is 22.5. The van der Waals surface area contributed by atoms with Crippen LogP contribution in [0.25, 0.3) is 0 Å². The Hall–Kier alpha value is -2.91. The minimum Gasteiger partial charge on any atom is -0.493 e. The summed E-state index contributed by atoms with van der Waals surface area (Å²) in [6, 6.07) is 2.45. The Morgan fingerprint density at radius 2 is 2.00 bits per heavy atom. The van der Waals surface area contributed by atoms with Gasteiger partial charge in [-0.25, -0.2) is 0 Å². The van der Waals surface area contributed by atoms with Crippen molar-refractivity contribution in [3.05, 3.63) is 34.9 Å². The van der Waals surface area contributed by atoms with Gasteiger partial charge in [0.05, 0.1) is 25.7 Å². The molecule has 0 saturated heterocycles. The van der Waals surface area contributed by atoms with E-state index in [9.17, 15) is 24.6 Å². The lowest BCUT2D eigenvalue weighted by Crippen LogP contribution is -2.56. The fraction of sp³-hybridized carbons (Fsp3) is 0.621. The number of nitrogens with zero attached hydrogens (tertiary/aromatic N) is 1. The van der Waals surface area contributed by atoms with Crippen LogP contribution >= 0.6 is 0 Å². The van der Waals surface area contributed by atoms with Crippen LogP contribution in [0.15, 0.2) is 23.8 Å². The van der Waals surface area contributed by atoms with Crippen LogP contribution in [-0.2, 0) is 9.59 Å². The number of nitrogens with one attached hydrogen (secondary N) is 1. The number of ether oxygens (including phenoxy) is 2. The molecule has 9 heteroatoms. The molecule has 3 aliphatic rings. The summed E-state index contributed by atoms with van der Waals surface area (Å²) in [6.45, 7) is 4.46. The molecule has 0 radical (unpaired) electrons. The fourth-order valence-corrected chi connectivity index (χ4v) is 5.97. The van der Waals surface area contributed by atoms with E-state index in [1.54, 1.807) is 23.1 Å². The first-order valence-electron chi connectivity index (χ1n) is 13.7. The summed E-state index contributed by atoms with van der Waals surface area (Å²) < 4.78 is 11.7. The average Bonchev–Trinajstić information content (AvgIpc) is 3.55. The highest BCUT2D eigenvalue weighted by molar-refractivity contribution is 5.96. The molecule has 4 atom stereocenters. The Morgan fingerprint density at radius 3 is 2.63 bits per heavy atom. The summed E-state index contributed by atoms with van der Waals surface area (Å²) in [5.41, 5.74) is 1.28. The number of fused-ring (bicyclic) bond motifs is 3. The number of hydrogen-bond donors (Lipinski definition) is 3. The first-order chi connectivity index (χ1) is 18.3. The third-order valence-corrected chi connectivity index (χ3v) is 7.98. The van der Waals surface area contributed by atoms with Crippen molar-refractivity contribution in [3.8, 4) is 11.5 Å². The highest BCUT2D eigenvalue weighted by Gasteiger charge is 2.51. The van der Waals surface area contributed by atoms with Gasteiger partial charge in [0.15, 0.2) is 11.5 Å². The molecule has 1 aliphatic heterocycles. The molecule has 1 fully saturated rings. The van der Waals surface area contributed by atoms with Crippen LogP contribution in [0.4, 0.5) is 0 Å². The maximum absolute atomic E-state index is 13.7. The van der Waals surface area contributed by atoms with Crippen LogP contribution in [0, 0.1) is 11.8 Å². The molecule has 2 amide bonds. The van der Waals surface area contributed by atoms with Crippen molar-refractivity contribution in [1.82, 2.24) is 10.2 Å². The van der Waals surface area contributed by atoms with Gasteiger partial charge < -0.3 is 29.9 Å². The smallest absolute Gasteiger partial charge is 0.247 e. The standard InChI is InChI=1S/C29H40N2O7/c1-17(2)8-10-31(24(34)14-18-6-4-5-7-18)22-15-21(29(36)30-9-11-32)25-20-12-19(16-33)13-23(37-3)27(20)38-28(25)26(22)35/h12-13,15-18,22,25-26,28,32,35H,4-11,14H2,1-3H3,(H,30,36). The molecular formula is C29H40N2O7. The fourth-order valence-electron chi connectivity index (χ4n) is 5.97. The summed E-state index contributed by atoms with van der Waals surface area (Å²) in [6.07, 6.45) is 5.92. The van der Waals surface area contributed by atoms with Gasteiger partial charge >= 0.3 is 0 Å². The van der Waals surface area contributed by atoms with Crippen molar-refractivity contribution in [2.24, 2.45) is 11.8 Å².